The average Bonchev–Trinajstić information content (AvgIpc) is 2.35. The number of aromatic nitrogens is 1. The summed E-state index contributed by atoms with van der Waals surface area (Å²) in [4.78, 5) is 14.2. The van der Waals surface area contributed by atoms with Crippen molar-refractivity contribution in [1.29, 1.82) is 0 Å². The summed E-state index contributed by atoms with van der Waals surface area (Å²) < 4.78 is 6.92. The van der Waals surface area contributed by atoms with Crippen molar-refractivity contribution in [3.63, 3.8) is 0 Å². The average molecular weight is 388 g/mol. The van der Waals surface area contributed by atoms with Gasteiger partial charge in [0.05, 0.1) is 9.40 Å². The number of halogens is 2. The van der Waals surface area contributed by atoms with Crippen molar-refractivity contribution in [2.45, 2.75) is 6.92 Å². The largest absolute Gasteiger partial charge is 0.448 e. The molecule has 0 aliphatic carbocycles. The van der Waals surface area contributed by atoms with Crippen LogP contribution in [0.4, 0.5) is 5.69 Å². The Morgan fingerprint density at radius 2 is 2.05 bits per heavy atom. The molecule has 5 nitrogen and oxygen atoms in total. The zero-order valence-electron chi connectivity index (χ0n) is 9.76. The van der Waals surface area contributed by atoms with Crippen molar-refractivity contribution in [2.75, 3.05) is 0 Å². The molecular weight excluding hydrogens is 380 g/mol. The van der Waals surface area contributed by atoms with Crippen molar-refractivity contribution in [3.8, 4) is 11.5 Å². The Morgan fingerprint density at radius 3 is 2.74 bits per heavy atom. The molecule has 0 saturated heterocycles. The summed E-state index contributed by atoms with van der Waals surface area (Å²) in [6, 6.07) is 5.49. The van der Waals surface area contributed by atoms with E-state index in [0.29, 0.717) is 10.2 Å². The van der Waals surface area contributed by atoms with Gasteiger partial charge in [0, 0.05) is 10.7 Å². The van der Waals surface area contributed by atoms with Gasteiger partial charge in [0.15, 0.2) is 0 Å². The highest BCUT2D eigenvalue weighted by Crippen LogP contribution is 2.38. The third kappa shape index (κ3) is 3.10. The van der Waals surface area contributed by atoms with Crippen molar-refractivity contribution in [1.82, 2.24) is 4.98 Å². The molecule has 19 heavy (non-hydrogen) atoms. The van der Waals surface area contributed by atoms with E-state index in [1.807, 2.05) is 19.1 Å². The zero-order valence-corrected chi connectivity index (χ0v) is 12.9. The van der Waals surface area contributed by atoms with Crippen LogP contribution in [0.25, 0.3) is 0 Å². The van der Waals surface area contributed by atoms with E-state index in [4.69, 9.17) is 4.74 Å². The molecule has 1 aromatic heterocycles. The van der Waals surface area contributed by atoms with Crippen LogP contribution in [-0.2, 0) is 0 Å². The first-order chi connectivity index (χ1) is 8.99. The van der Waals surface area contributed by atoms with Crippen LogP contribution in [0, 0.1) is 17.0 Å². The molecule has 2 rings (SSSR count). The van der Waals surface area contributed by atoms with Gasteiger partial charge in [-0.25, -0.2) is 0 Å². The second-order valence-electron chi connectivity index (χ2n) is 3.74. The smallest absolute Gasteiger partial charge is 0.330 e. The maximum Gasteiger partial charge on any atom is 0.330 e. The molecule has 0 radical (unpaired) electrons. The van der Waals surface area contributed by atoms with Gasteiger partial charge >= 0.3 is 5.69 Å². The summed E-state index contributed by atoms with van der Waals surface area (Å²) in [6.45, 7) is 1.86. The van der Waals surface area contributed by atoms with Gasteiger partial charge in [0.1, 0.15) is 11.9 Å². The lowest BCUT2D eigenvalue weighted by molar-refractivity contribution is -0.386. The first kappa shape index (κ1) is 14.0. The summed E-state index contributed by atoms with van der Waals surface area (Å²) in [6.07, 6.45) is 2.61. The number of hydrogen-bond donors (Lipinski definition) is 0. The van der Waals surface area contributed by atoms with E-state index in [1.165, 1.54) is 6.20 Å². The van der Waals surface area contributed by atoms with Gasteiger partial charge in [-0.15, -0.1) is 0 Å². The maximum absolute atomic E-state index is 11.0. The third-order valence-electron chi connectivity index (χ3n) is 2.39. The second kappa shape index (κ2) is 5.66. The van der Waals surface area contributed by atoms with E-state index in [0.717, 1.165) is 16.2 Å². The van der Waals surface area contributed by atoms with Gasteiger partial charge in [-0.1, -0.05) is 22.0 Å². The number of rotatable bonds is 3. The first-order valence-corrected chi connectivity index (χ1v) is 6.79. The van der Waals surface area contributed by atoms with Crippen molar-refractivity contribution >= 4 is 37.5 Å². The van der Waals surface area contributed by atoms with E-state index < -0.39 is 4.92 Å². The molecule has 1 heterocycles. The molecule has 0 bridgehead atoms. The molecule has 0 spiro atoms. The van der Waals surface area contributed by atoms with Crippen LogP contribution in [0.3, 0.4) is 0 Å². The van der Waals surface area contributed by atoms with Crippen LogP contribution in [0.1, 0.15) is 5.56 Å². The molecule has 0 fully saturated rings. The highest BCUT2D eigenvalue weighted by Gasteiger charge is 2.20. The van der Waals surface area contributed by atoms with Crippen LogP contribution in [0.2, 0.25) is 0 Å². The van der Waals surface area contributed by atoms with Crippen LogP contribution >= 0.6 is 31.9 Å². The fourth-order valence-corrected chi connectivity index (χ4v) is 2.18. The van der Waals surface area contributed by atoms with Crippen LogP contribution in [0.5, 0.6) is 11.5 Å². The Kier molecular flexibility index (Phi) is 4.16. The summed E-state index contributed by atoms with van der Waals surface area (Å²) >= 11 is 6.55. The quantitative estimate of drug-likeness (QED) is 0.569. The van der Waals surface area contributed by atoms with E-state index in [1.54, 1.807) is 6.07 Å². The Bertz CT molecular complexity index is 647. The fraction of sp³-hybridized carbons (Fsp3) is 0.0833. The lowest BCUT2D eigenvalue weighted by atomic mass is 10.2. The Hall–Kier alpha value is -1.47. The number of nitrogens with zero attached hydrogens (tertiary/aromatic N) is 2. The minimum absolute atomic E-state index is 0.140. The molecule has 2 aromatic rings. The topological polar surface area (TPSA) is 65.3 Å². The van der Waals surface area contributed by atoms with Crippen LogP contribution < -0.4 is 4.74 Å². The molecule has 0 amide bonds. The number of benzene rings is 1. The Balaban J connectivity index is 2.49. The van der Waals surface area contributed by atoms with E-state index in [-0.39, 0.29) is 11.4 Å². The highest BCUT2D eigenvalue weighted by atomic mass is 79.9. The molecular formula is C12H8Br2N2O3. The molecule has 7 heteroatoms. The normalized spacial score (nSPS) is 10.3. The third-order valence-corrected chi connectivity index (χ3v) is 3.45. The van der Waals surface area contributed by atoms with E-state index in [9.17, 15) is 10.1 Å². The minimum atomic E-state index is -0.527. The number of hydrogen-bond acceptors (Lipinski definition) is 4. The molecule has 0 aliphatic rings. The SMILES string of the molecule is Cc1ccc(Br)cc1Oc1c(Br)cncc1[N+](=O)[O-]. The predicted molar refractivity (Wildman–Crippen MR) is 77.5 cm³/mol. The summed E-state index contributed by atoms with van der Waals surface area (Å²) in [5, 5.41) is 11.0. The minimum Gasteiger partial charge on any atom is -0.448 e. The molecule has 1 aromatic carbocycles. The molecule has 0 aliphatic heterocycles. The van der Waals surface area contributed by atoms with Gasteiger partial charge in [-0.05, 0) is 40.5 Å². The van der Waals surface area contributed by atoms with Crippen molar-refractivity contribution < 1.29 is 9.66 Å². The summed E-state index contributed by atoms with van der Waals surface area (Å²) in [5.74, 6) is 0.686. The molecule has 0 N–H and O–H groups in total. The van der Waals surface area contributed by atoms with Crippen LogP contribution in [0.15, 0.2) is 39.5 Å². The Morgan fingerprint density at radius 1 is 1.32 bits per heavy atom. The number of pyridine rings is 1. The van der Waals surface area contributed by atoms with Crippen molar-refractivity contribution in [2.24, 2.45) is 0 Å². The van der Waals surface area contributed by atoms with Gasteiger partial charge < -0.3 is 4.74 Å². The Labute approximate surface area is 126 Å². The molecule has 0 atom stereocenters. The maximum atomic E-state index is 11.0. The lowest BCUT2D eigenvalue weighted by Crippen LogP contribution is -1.96. The summed E-state index contributed by atoms with van der Waals surface area (Å²) in [5.41, 5.74) is 0.690. The molecule has 98 valence electrons. The van der Waals surface area contributed by atoms with Gasteiger partial charge in [-0.2, -0.15) is 0 Å². The zero-order chi connectivity index (χ0) is 14.0. The number of ether oxygens (including phenoxy) is 1. The van der Waals surface area contributed by atoms with E-state index >= 15 is 0 Å². The summed E-state index contributed by atoms with van der Waals surface area (Å²) in [7, 11) is 0. The lowest BCUT2D eigenvalue weighted by Gasteiger charge is -2.10. The molecule has 0 unspecified atom stereocenters. The fourth-order valence-electron chi connectivity index (χ4n) is 1.44. The predicted octanol–water partition coefficient (Wildman–Crippen LogP) is 4.62. The number of nitro groups is 1. The van der Waals surface area contributed by atoms with Crippen LogP contribution in [-0.4, -0.2) is 9.91 Å². The standard InChI is InChI=1S/C12H8Br2N2O3/c1-7-2-3-8(13)4-11(7)19-12-9(14)5-15-6-10(12)16(17)18/h2-6H,1H3. The highest BCUT2D eigenvalue weighted by molar-refractivity contribution is 9.10. The first-order valence-electron chi connectivity index (χ1n) is 5.21. The van der Waals surface area contributed by atoms with Gasteiger partial charge in [-0.3, -0.25) is 15.1 Å². The van der Waals surface area contributed by atoms with E-state index in [2.05, 4.69) is 36.8 Å². The molecule has 0 saturated carbocycles. The number of aryl methyl sites for hydroxylation is 1. The second-order valence-corrected chi connectivity index (χ2v) is 5.51. The van der Waals surface area contributed by atoms with Crippen molar-refractivity contribution in [3.05, 3.63) is 55.2 Å². The van der Waals surface area contributed by atoms with Gasteiger partial charge in [0.2, 0.25) is 5.75 Å². The van der Waals surface area contributed by atoms with Gasteiger partial charge in [0.25, 0.3) is 0 Å². The monoisotopic (exact) mass is 386 g/mol.